The molecule has 0 spiro atoms. The first-order valence-electron chi connectivity index (χ1n) is 6.86. The van der Waals surface area contributed by atoms with Crippen molar-refractivity contribution in [2.24, 2.45) is 0 Å². The minimum absolute atomic E-state index is 0.0251. The summed E-state index contributed by atoms with van der Waals surface area (Å²) in [6.45, 7) is 4.48. The Morgan fingerprint density at radius 1 is 1.45 bits per heavy atom. The van der Waals surface area contributed by atoms with Gasteiger partial charge in [-0.05, 0) is 26.0 Å². The van der Waals surface area contributed by atoms with Gasteiger partial charge in [-0.15, -0.1) is 0 Å². The lowest BCUT2D eigenvalue weighted by molar-refractivity contribution is -0.385. The number of benzene rings is 1. The van der Waals surface area contributed by atoms with Crippen molar-refractivity contribution < 1.29 is 19.2 Å². The second-order valence-electron chi connectivity index (χ2n) is 5.21. The van der Waals surface area contributed by atoms with E-state index in [1.54, 1.807) is 4.90 Å². The maximum absolute atomic E-state index is 12.2. The van der Waals surface area contributed by atoms with Crippen LogP contribution in [0.2, 0.25) is 5.02 Å². The van der Waals surface area contributed by atoms with Gasteiger partial charge in [0, 0.05) is 24.2 Å². The van der Waals surface area contributed by atoms with E-state index in [2.05, 4.69) is 0 Å². The molecule has 1 aliphatic rings. The van der Waals surface area contributed by atoms with E-state index >= 15 is 0 Å². The lowest BCUT2D eigenvalue weighted by Gasteiger charge is -2.35. The molecule has 120 valence electrons. The predicted molar refractivity (Wildman–Crippen MR) is 80.2 cm³/mol. The third kappa shape index (κ3) is 4.08. The smallest absolute Gasteiger partial charge is 0.312 e. The summed E-state index contributed by atoms with van der Waals surface area (Å²) in [6, 6.07) is 4.06. The first kappa shape index (κ1) is 16.5. The maximum atomic E-state index is 12.2. The Morgan fingerprint density at radius 2 is 2.09 bits per heavy atom. The van der Waals surface area contributed by atoms with Gasteiger partial charge in [-0.2, -0.15) is 0 Å². The standard InChI is InChI=1S/C14H17ClN2O5/c1-9-6-16(7-10(2)22-9)14(18)8-21-13-4-3-11(15)5-12(13)17(19)20/h3-5,9-10H,6-8H2,1-2H3. The van der Waals surface area contributed by atoms with Crippen molar-refractivity contribution in [3.63, 3.8) is 0 Å². The number of nitro groups is 1. The minimum atomic E-state index is -0.593. The highest BCUT2D eigenvalue weighted by Crippen LogP contribution is 2.29. The van der Waals surface area contributed by atoms with Crippen molar-refractivity contribution in [2.45, 2.75) is 26.1 Å². The molecule has 1 aromatic carbocycles. The van der Waals surface area contributed by atoms with E-state index in [1.165, 1.54) is 18.2 Å². The van der Waals surface area contributed by atoms with Crippen LogP contribution in [0.15, 0.2) is 18.2 Å². The first-order valence-corrected chi connectivity index (χ1v) is 7.24. The van der Waals surface area contributed by atoms with Crippen LogP contribution >= 0.6 is 11.6 Å². The van der Waals surface area contributed by atoms with Crippen LogP contribution in [0.3, 0.4) is 0 Å². The Balaban J connectivity index is 2.01. The van der Waals surface area contributed by atoms with Gasteiger partial charge in [0.25, 0.3) is 5.91 Å². The molecule has 1 fully saturated rings. The van der Waals surface area contributed by atoms with E-state index in [-0.39, 0.29) is 41.2 Å². The largest absolute Gasteiger partial charge is 0.477 e. The molecule has 22 heavy (non-hydrogen) atoms. The molecule has 8 heteroatoms. The average molecular weight is 329 g/mol. The number of nitrogens with zero attached hydrogens (tertiary/aromatic N) is 2. The number of rotatable bonds is 4. The monoisotopic (exact) mass is 328 g/mol. The molecule has 1 aliphatic heterocycles. The van der Waals surface area contributed by atoms with Crippen LogP contribution in [0.5, 0.6) is 5.75 Å². The highest BCUT2D eigenvalue weighted by molar-refractivity contribution is 6.30. The Hall–Kier alpha value is -1.86. The van der Waals surface area contributed by atoms with Crippen LogP contribution in [-0.4, -0.2) is 47.6 Å². The summed E-state index contributed by atoms with van der Waals surface area (Å²) < 4.78 is 10.9. The molecule has 2 rings (SSSR count). The van der Waals surface area contributed by atoms with Gasteiger partial charge >= 0.3 is 5.69 Å². The quantitative estimate of drug-likeness (QED) is 0.625. The fraction of sp³-hybridized carbons (Fsp3) is 0.500. The molecule has 2 unspecified atom stereocenters. The van der Waals surface area contributed by atoms with Crippen LogP contribution < -0.4 is 4.74 Å². The fourth-order valence-electron chi connectivity index (χ4n) is 2.37. The topological polar surface area (TPSA) is 81.9 Å². The van der Waals surface area contributed by atoms with Crippen LogP contribution in [0.1, 0.15) is 13.8 Å². The SMILES string of the molecule is CC1CN(C(=O)COc2ccc(Cl)cc2[N+](=O)[O-])CC(C)O1. The Morgan fingerprint density at radius 3 is 2.68 bits per heavy atom. The van der Waals surface area contributed by atoms with E-state index in [9.17, 15) is 14.9 Å². The summed E-state index contributed by atoms with van der Waals surface area (Å²) >= 11 is 5.73. The number of amides is 1. The summed E-state index contributed by atoms with van der Waals surface area (Å²) in [5.41, 5.74) is -0.260. The van der Waals surface area contributed by atoms with Gasteiger partial charge in [0.1, 0.15) is 0 Å². The summed E-state index contributed by atoms with van der Waals surface area (Å²) in [5, 5.41) is 11.2. The molecule has 1 saturated heterocycles. The van der Waals surface area contributed by atoms with Gasteiger partial charge in [0.2, 0.25) is 0 Å². The third-order valence-electron chi connectivity index (χ3n) is 3.24. The first-order chi connectivity index (χ1) is 10.4. The average Bonchev–Trinajstić information content (AvgIpc) is 2.44. The lowest BCUT2D eigenvalue weighted by Crippen LogP contribution is -2.49. The molecule has 1 aromatic rings. The second-order valence-corrected chi connectivity index (χ2v) is 5.65. The van der Waals surface area contributed by atoms with Crippen molar-refractivity contribution in [3.05, 3.63) is 33.3 Å². The van der Waals surface area contributed by atoms with Crippen molar-refractivity contribution in [1.29, 1.82) is 0 Å². The Labute approximate surface area is 132 Å². The van der Waals surface area contributed by atoms with Gasteiger partial charge in [-0.25, -0.2) is 0 Å². The summed E-state index contributed by atoms with van der Waals surface area (Å²) in [5.74, 6) is -0.205. The zero-order chi connectivity index (χ0) is 16.3. The number of nitro benzene ring substituents is 1. The van der Waals surface area contributed by atoms with Crippen molar-refractivity contribution >= 4 is 23.2 Å². The van der Waals surface area contributed by atoms with Crippen molar-refractivity contribution in [1.82, 2.24) is 4.90 Å². The number of hydrogen-bond acceptors (Lipinski definition) is 5. The molecule has 0 aromatic heterocycles. The summed E-state index contributed by atoms with van der Waals surface area (Å²) in [4.78, 5) is 24.2. The zero-order valence-electron chi connectivity index (χ0n) is 12.3. The molecule has 1 amide bonds. The number of carbonyl (C=O) groups excluding carboxylic acids is 1. The highest BCUT2D eigenvalue weighted by Gasteiger charge is 2.26. The number of hydrogen-bond donors (Lipinski definition) is 0. The Kier molecular flexibility index (Phi) is 5.20. The zero-order valence-corrected chi connectivity index (χ0v) is 13.1. The molecule has 0 aliphatic carbocycles. The third-order valence-corrected chi connectivity index (χ3v) is 3.48. The van der Waals surface area contributed by atoms with Gasteiger partial charge in [0.05, 0.1) is 17.1 Å². The second kappa shape index (κ2) is 6.93. The molecule has 0 saturated carbocycles. The van der Waals surface area contributed by atoms with E-state index in [0.29, 0.717) is 13.1 Å². The van der Waals surface area contributed by atoms with E-state index in [1.807, 2.05) is 13.8 Å². The fourth-order valence-corrected chi connectivity index (χ4v) is 2.53. The molecule has 2 atom stereocenters. The van der Waals surface area contributed by atoms with Gasteiger partial charge in [-0.3, -0.25) is 14.9 Å². The molecule has 1 heterocycles. The van der Waals surface area contributed by atoms with Crippen LogP contribution in [-0.2, 0) is 9.53 Å². The van der Waals surface area contributed by atoms with Crippen molar-refractivity contribution in [3.8, 4) is 5.75 Å². The molecular formula is C14H17ClN2O5. The van der Waals surface area contributed by atoms with Gasteiger partial charge in [-0.1, -0.05) is 11.6 Å². The Bertz CT molecular complexity index is 570. The van der Waals surface area contributed by atoms with E-state index < -0.39 is 4.92 Å². The number of carbonyl (C=O) groups is 1. The number of ether oxygens (including phenoxy) is 2. The molecule has 0 N–H and O–H groups in total. The highest BCUT2D eigenvalue weighted by atomic mass is 35.5. The van der Waals surface area contributed by atoms with Gasteiger partial charge in [0.15, 0.2) is 12.4 Å². The summed E-state index contributed by atoms with van der Waals surface area (Å²) in [6.07, 6.45) is -0.0878. The lowest BCUT2D eigenvalue weighted by atomic mass is 10.2. The molecule has 0 radical (unpaired) electrons. The van der Waals surface area contributed by atoms with Crippen LogP contribution in [0.4, 0.5) is 5.69 Å². The van der Waals surface area contributed by atoms with Crippen molar-refractivity contribution in [2.75, 3.05) is 19.7 Å². The molecular weight excluding hydrogens is 312 g/mol. The number of morpholine rings is 1. The predicted octanol–water partition coefficient (Wildman–Crippen LogP) is 2.26. The van der Waals surface area contributed by atoms with Crippen LogP contribution in [0, 0.1) is 10.1 Å². The summed E-state index contributed by atoms with van der Waals surface area (Å²) in [7, 11) is 0. The minimum Gasteiger partial charge on any atom is -0.477 e. The van der Waals surface area contributed by atoms with Crippen LogP contribution in [0.25, 0.3) is 0 Å². The maximum Gasteiger partial charge on any atom is 0.312 e. The van der Waals surface area contributed by atoms with E-state index in [4.69, 9.17) is 21.1 Å². The van der Waals surface area contributed by atoms with E-state index in [0.717, 1.165) is 0 Å². The normalized spacial score (nSPS) is 21.5. The molecule has 7 nitrogen and oxygen atoms in total. The number of halogens is 1. The van der Waals surface area contributed by atoms with Gasteiger partial charge < -0.3 is 14.4 Å². The molecule has 0 bridgehead atoms.